The molecule has 19 heavy (non-hydrogen) atoms. The molecule has 0 unspecified atom stereocenters. The summed E-state index contributed by atoms with van der Waals surface area (Å²) in [5.41, 5.74) is 8.75. The summed E-state index contributed by atoms with van der Waals surface area (Å²) in [7, 11) is 2.02. The van der Waals surface area contributed by atoms with Gasteiger partial charge in [0.25, 0.3) is 0 Å². The molecular weight excluding hydrogens is 246 g/mol. The number of hydrogen-bond donors (Lipinski definition) is 2. The number of aromatic nitrogens is 1. The van der Waals surface area contributed by atoms with Crippen molar-refractivity contribution in [2.45, 2.75) is 18.9 Å². The average molecular weight is 263 g/mol. The molecule has 6 nitrogen and oxygen atoms in total. The lowest BCUT2D eigenvalue weighted by molar-refractivity contribution is 0.0855. The molecule has 0 aliphatic carbocycles. The molecule has 0 spiro atoms. The SMILES string of the molecule is CN(c1cc2[nH]c(=O)oc2cc1N)C1CCOCC1. The Balaban J connectivity index is 1.98. The van der Waals surface area contributed by atoms with Crippen LogP contribution in [0.15, 0.2) is 21.3 Å². The van der Waals surface area contributed by atoms with Gasteiger partial charge in [-0.15, -0.1) is 0 Å². The summed E-state index contributed by atoms with van der Waals surface area (Å²) in [6, 6.07) is 3.97. The number of nitrogens with two attached hydrogens (primary N) is 1. The van der Waals surface area contributed by atoms with E-state index < -0.39 is 5.76 Å². The lowest BCUT2D eigenvalue weighted by Crippen LogP contribution is -2.37. The number of nitrogen functional groups attached to an aromatic ring is 1. The number of nitrogens with zero attached hydrogens (tertiary/aromatic N) is 1. The zero-order valence-corrected chi connectivity index (χ0v) is 10.8. The fraction of sp³-hybridized carbons (Fsp3) is 0.462. The number of benzene rings is 1. The second-order valence-electron chi connectivity index (χ2n) is 4.88. The molecule has 0 bridgehead atoms. The van der Waals surface area contributed by atoms with Crippen LogP contribution in [0.4, 0.5) is 11.4 Å². The van der Waals surface area contributed by atoms with Gasteiger partial charge in [0.2, 0.25) is 0 Å². The van der Waals surface area contributed by atoms with Crippen LogP contribution >= 0.6 is 0 Å². The number of H-pyrrole nitrogens is 1. The molecule has 1 aliphatic rings. The van der Waals surface area contributed by atoms with Crippen LogP contribution in [0.3, 0.4) is 0 Å². The first-order valence-electron chi connectivity index (χ1n) is 6.38. The van der Waals surface area contributed by atoms with E-state index in [2.05, 4.69) is 9.88 Å². The Morgan fingerprint density at radius 3 is 2.84 bits per heavy atom. The summed E-state index contributed by atoms with van der Waals surface area (Å²) >= 11 is 0. The Morgan fingerprint density at radius 2 is 2.11 bits per heavy atom. The zero-order chi connectivity index (χ0) is 13.4. The van der Waals surface area contributed by atoms with Crippen molar-refractivity contribution in [2.75, 3.05) is 30.9 Å². The van der Waals surface area contributed by atoms with E-state index in [4.69, 9.17) is 14.9 Å². The third-order valence-electron chi connectivity index (χ3n) is 3.69. The lowest BCUT2D eigenvalue weighted by atomic mass is 10.1. The molecule has 0 atom stereocenters. The Bertz CT molecular complexity index is 640. The van der Waals surface area contributed by atoms with Crippen molar-refractivity contribution in [2.24, 2.45) is 0 Å². The Morgan fingerprint density at radius 1 is 1.37 bits per heavy atom. The second-order valence-corrected chi connectivity index (χ2v) is 4.88. The number of aromatic amines is 1. The molecule has 0 amide bonds. The maximum absolute atomic E-state index is 11.2. The maximum Gasteiger partial charge on any atom is 0.417 e. The first-order chi connectivity index (χ1) is 9.15. The fourth-order valence-corrected chi connectivity index (χ4v) is 2.58. The van der Waals surface area contributed by atoms with Gasteiger partial charge in [-0.05, 0) is 18.9 Å². The third-order valence-corrected chi connectivity index (χ3v) is 3.69. The number of rotatable bonds is 2. The Hall–Kier alpha value is -1.95. The van der Waals surface area contributed by atoms with E-state index >= 15 is 0 Å². The maximum atomic E-state index is 11.2. The van der Waals surface area contributed by atoms with Crippen LogP contribution in [0.25, 0.3) is 11.1 Å². The predicted octanol–water partition coefficient (Wildman–Crippen LogP) is 1.32. The van der Waals surface area contributed by atoms with Gasteiger partial charge < -0.3 is 19.8 Å². The minimum atomic E-state index is -0.458. The molecule has 2 aromatic rings. The van der Waals surface area contributed by atoms with Crippen LogP contribution in [-0.4, -0.2) is 31.3 Å². The van der Waals surface area contributed by atoms with E-state index in [-0.39, 0.29) is 0 Å². The van der Waals surface area contributed by atoms with Crippen molar-refractivity contribution in [1.82, 2.24) is 4.98 Å². The molecule has 1 aliphatic heterocycles. The third kappa shape index (κ3) is 2.19. The highest BCUT2D eigenvalue weighted by Crippen LogP contribution is 2.30. The van der Waals surface area contributed by atoms with Crippen molar-refractivity contribution in [3.8, 4) is 0 Å². The van der Waals surface area contributed by atoms with E-state index in [0.717, 1.165) is 31.7 Å². The van der Waals surface area contributed by atoms with Gasteiger partial charge in [0, 0.05) is 32.4 Å². The number of ether oxygens (including phenoxy) is 1. The summed E-state index contributed by atoms with van der Waals surface area (Å²) in [4.78, 5) is 16.0. The summed E-state index contributed by atoms with van der Waals surface area (Å²) in [5.74, 6) is -0.458. The normalized spacial score (nSPS) is 16.9. The summed E-state index contributed by atoms with van der Waals surface area (Å²) in [5, 5.41) is 0. The number of hydrogen-bond acceptors (Lipinski definition) is 5. The lowest BCUT2D eigenvalue weighted by Gasteiger charge is -2.33. The topological polar surface area (TPSA) is 84.5 Å². The van der Waals surface area contributed by atoms with E-state index in [9.17, 15) is 4.79 Å². The molecule has 0 saturated carbocycles. The first kappa shape index (κ1) is 12.1. The van der Waals surface area contributed by atoms with E-state index in [1.54, 1.807) is 6.07 Å². The minimum Gasteiger partial charge on any atom is -0.408 e. The average Bonchev–Trinajstić information content (AvgIpc) is 2.77. The van der Waals surface area contributed by atoms with Crippen LogP contribution in [0.5, 0.6) is 0 Å². The highest BCUT2D eigenvalue weighted by molar-refractivity contribution is 5.85. The predicted molar refractivity (Wildman–Crippen MR) is 73.5 cm³/mol. The van der Waals surface area contributed by atoms with E-state index in [1.807, 2.05) is 13.1 Å². The zero-order valence-electron chi connectivity index (χ0n) is 10.8. The standard InChI is InChI=1S/C13H17N3O3/c1-16(8-2-4-18-5-3-8)11-7-10-12(6-9(11)14)19-13(17)15-10/h6-8H,2-5,14H2,1H3,(H,15,17). The second kappa shape index (κ2) is 4.62. The van der Waals surface area contributed by atoms with Crippen LogP contribution in [0.2, 0.25) is 0 Å². The largest absolute Gasteiger partial charge is 0.417 e. The molecule has 1 saturated heterocycles. The van der Waals surface area contributed by atoms with Gasteiger partial charge in [0.1, 0.15) is 0 Å². The van der Waals surface area contributed by atoms with Crippen LogP contribution in [-0.2, 0) is 4.74 Å². The van der Waals surface area contributed by atoms with Crippen LogP contribution in [0.1, 0.15) is 12.8 Å². The first-order valence-corrected chi connectivity index (χ1v) is 6.38. The van der Waals surface area contributed by atoms with Crippen LogP contribution < -0.4 is 16.4 Å². The highest BCUT2D eigenvalue weighted by atomic mass is 16.5. The number of anilines is 2. The van der Waals surface area contributed by atoms with Crippen molar-refractivity contribution < 1.29 is 9.15 Å². The smallest absolute Gasteiger partial charge is 0.408 e. The quantitative estimate of drug-likeness (QED) is 0.798. The molecule has 2 heterocycles. The highest BCUT2D eigenvalue weighted by Gasteiger charge is 2.21. The van der Waals surface area contributed by atoms with Crippen molar-refractivity contribution in [3.63, 3.8) is 0 Å². The molecule has 102 valence electrons. The summed E-state index contributed by atoms with van der Waals surface area (Å²) in [6.45, 7) is 1.55. The molecule has 3 rings (SSSR count). The van der Waals surface area contributed by atoms with Gasteiger partial charge >= 0.3 is 5.76 Å². The molecule has 1 fully saturated rings. The molecular formula is C13H17N3O3. The molecule has 3 N–H and O–H groups in total. The van der Waals surface area contributed by atoms with Gasteiger partial charge in [-0.3, -0.25) is 4.98 Å². The van der Waals surface area contributed by atoms with E-state index in [0.29, 0.717) is 22.8 Å². The number of nitrogens with one attached hydrogen (secondary N) is 1. The van der Waals surface area contributed by atoms with Crippen molar-refractivity contribution >= 4 is 22.5 Å². The van der Waals surface area contributed by atoms with Crippen molar-refractivity contribution in [1.29, 1.82) is 0 Å². The monoisotopic (exact) mass is 263 g/mol. The van der Waals surface area contributed by atoms with Gasteiger partial charge in [-0.1, -0.05) is 0 Å². The van der Waals surface area contributed by atoms with E-state index in [1.165, 1.54) is 0 Å². The molecule has 1 aromatic heterocycles. The Labute approximate surface area is 110 Å². The minimum absolute atomic E-state index is 0.409. The van der Waals surface area contributed by atoms with Gasteiger partial charge in [-0.2, -0.15) is 0 Å². The van der Waals surface area contributed by atoms with Crippen molar-refractivity contribution in [3.05, 3.63) is 22.7 Å². The van der Waals surface area contributed by atoms with Gasteiger partial charge in [-0.25, -0.2) is 4.79 Å². The molecule has 6 heteroatoms. The molecule has 0 radical (unpaired) electrons. The summed E-state index contributed by atoms with van der Waals surface area (Å²) < 4.78 is 10.4. The number of fused-ring (bicyclic) bond motifs is 1. The number of oxazole rings is 1. The van der Waals surface area contributed by atoms with Gasteiger partial charge in [0.15, 0.2) is 5.58 Å². The molecule has 1 aromatic carbocycles. The van der Waals surface area contributed by atoms with Crippen LogP contribution in [0, 0.1) is 0 Å². The summed E-state index contributed by atoms with van der Waals surface area (Å²) in [6.07, 6.45) is 1.96. The van der Waals surface area contributed by atoms with Gasteiger partial charge in [0.05, 0.1) is 16.9 Å². The Kier molecular flexibility index (Phi) is 2.94. The fourth-order valence-electron chi connectivity index (χ4n) is 2.58.